The molecule has 3 aromatic rings. The van der Waals surface area contributed by atoms with Crippen LogP contribution < -0.4 is 0 Å². The van der Waals surface area contributed by atoms with E-state index in [0.29, 0.717) is 23.5 Å². The molecule has 2 amide bonds. The smallest absolute Gasteiger partial charge is 0.290 e. The van der Waals surface area contributed by atoms with Crippen LogP contribution in [0.4, 0.5) is 5.69 Å². The second-order valence-corrected chi connectivity index (χ2v) is 7.52. The van der Waals surface area contributed by atoms with Crippen LogP contribution in [0.25, 0.3) is 0 Å². The summed E-state index contributed by atoms with van der Waals surface area (Å²) >= 11 is 0. The lowest BCUT2D eigenvalue weighted by atomic mass is 10.0. The van der Waals surface area contributed by atoms with Crippen LogP contribution in [0.1, 0.15) is 34.3 Å². The first-order valence-corrected chi connectivity index (χ1v) is 10.5. The monoisotopic (exact) mass is 466 g/mol. The summed E-state index contributed by atoms with van der Waals surface area (Å²) in [5.74, 6) is -0.212. The summed E-state index contributed by atoms with van der Waals surface area (Å²) in [7, 11) is 1.51. The fraction of sp³-hybridized carbons (Fsp3) is 0.261. The zero-order valence-electron chi connectivity index (χ0n) is 18.3. The van der Waals surface area contributed by atoms with Gasteiger partial charge in [-0.15, -0.1) is 0 Å². The van der Waals surface area contributed by atoms with Crippen LogP contribution >= 0.6 is 0 Å². The maximum Gasteiger partial charge on any atom is 0.290 e. The van der Waals surface area contributed by atoms with E-state index < -0.39 is 22.8 Å². The van der Waals surface area contributed by atoms with Gasteiger partial charge in [-0.2, -0.15) is 5.10 Å². The number of non-ortho nitro benzene ring substituents is 1. The van der Waals surface area contributed by atoms with E-state index in [0.717, 1.165) is 0 Å². The van der Waals surface area contributed by atoms with Gasteiger partial charge in [0.2, 0.25) is 0 Å². The SMILES string of the molecule is COCCN(CC(=O)N1N=C(c2ccc([N+](=O)[O-])cc2)C[C@@H]1c1ccco1)C(=O)c1ccco1. The summed E-state index contributed by atoms with van der Waals surface area (Å²) in [4.78, 5) is 38.0. The normalized spacial score (nSPS) is 15.3. The number of amides is 2. The van der Waals surface area contributed by atoms with Gasteiger partial charge in [-0.1, -0.05) is 0 Å². The minimum absolute atomic E-state index is 0.0388. The molecule has 0 fully saturated rings. The van der Waals surface area contributed by atoms with Gasteiger partial charge in [-0.3, -0.25) is 19.7 Å². The average molecular weight is 466 g/mol. The predicted octanol–water partition coefficient (Wildman–Crippen LogP) is 3.25. The minimum Gasteiger partial charge on any atom is -0.467 e. The molecule has 0 radical (unpaired) electrons. The fourth-order valence-corrected chi connectivity index (χ4v) is 3.64. The van der Waals surface area contributed by atoms with Crippen molar-refractivity contribution in [3.05, 3.63) is 88.3 Å². The van der Waals surface area contributed by atoms with Gasteiger partial charge in [0, 0.05) is 32.2 Å². The number of nitrogens with zero attached hydrogens (tertiary/aromatic N) is 4. The van der Waals surface area contributed by atoms with E-state index >= 15 is 0 Å². The lowest BCUT2D eigenvalue weighted by molar-refractivity contribution is -0.384. The molecule has 11 nitrogen and oxygen atoms in total. The molecule has 2 aromatic heterocycles. The van der Waals surface area contributed by atoms with Crippen molar-refractivity contribution in [1.82, 2.24) is 9.91 Å². The van der Waals surface area contributed by atoms with Crippen LogP contribution in [0, 0.1) is 10.1 Å². The van der Waals surface area contributed by atoms with Crippen molar-refractivity contribution in [2.75, 3.05) is 26.8 Å². The molecule has 0 aliphatic carbocycles. The standard InChI is InChI=1S/C23H22N4O7/c1-32-13-10-25(23(29)21-5-3-12-34-21)15-22(28)26-19(20-4-2-11-33-20)14-18(24-26)16-6-8-17(9-7-16)27(30)31/h2-9,11-12,19H,10,13-15H2,1H3/t19-/m1/s1. The average Bonchev–Trinajstić information content (AvgIpc) is 3.62. The number of nitro benzene ring substituents is 1. The topological polar surface area (TPSA) is 132 Å². The van der Waals surface area contributed by atoms with Crippen molar-refractivity contribution in [2.24, 2.45) is 5.10 Å². The predicted molar refractivity (Wildman–Crippen MR) is 119 cm³/mol. The number of carbonyl (C=O) groups excluding carboxylic acids is 2. The van der Waals surface area contributed by atoms with Gasteiger partial charge in [0.15, 0.2) is 5.76 Å². The highest BCUT2D eigenvalue weighted by Crippen LogP contribution is 2.33. The van der Waals surface area contributed by atoms with E-state index in [9.17, 15) is 19.7 Å². The summed E-state index contributed by atoms with van der Waals surface area (Å²) in [5, 5.41) is 16.8. The molecule has 11 heteroatoms. The maximum absolute atomic E-state index is 13.3. The molecule has 176 valence electrons. The van der Waals surface area contributed by atoms with Gasteiger partial charge in [0.25, 0.3) is 17.5 Å². The molecule has 4 rings (SSSR count). The Kier molecular flexibility index (Phi) is 6.83. The van der Waals surface area contributed by atoms with Crippen molar-refractivity contribution in [1.29, 1.82) is 0 Å². The number of rotatable bonds is 9. The summed E-state index contributed by atoms with van der Waals surface area (Å²) in [5.41, 5.74) is 1.19. The zero-order valence-corrected chi connectivity index (χ0v) is 18.3. The molecule has 1 aliphatic rings. The Bertz CT molecular complexity index is 1170. The van der Waals surface area contributed by atoms with Crippen molar-refractivity contribution in [3.8, 4) is 0 Å². The zero-order chi connectivity index (χ0) is 24.1. The first-order valence-electron chi connectivity index (χ1n) is 10.5. The second-order valence-electron chi connectivity index (χ2n) is 7.52. The van der Waals surface area contributed by atoms with Crippen LogP contribution in [0.3, 0.4) is 0 Å². The fourth-order valence-electron chi connectivity index (χ4n) is 3.64. The lowest BCUT2D eigenvalue weighted by Gasteiger charge is -2.25. The summed E-state index contributed by atoms with van der Waals surface area (Å²) < 4.78 is 15.8. The molecule has 1 aromatic carbocycles. The second kappa shape index (κ2) is 10.1. The molecule has 3 heterocycles. The number of hydrogen-bond acceptors (Lipinski definition) is 8. The molecule has 0 saturated heterocycles. The molecule has 0 spiro atoms. The van der Waals surface area contributed by atoms with Crippen LogP contribution in [-0.2, 0) is 9.53 Å². The highest BCUT2D eigenvalue weighted by molar-refractivity contribution is 6.03. The first kappa shape index (κ1) is 22.9. The molecule has 34 heavy (non-hydrogen) atoms. The van der Waals surface area contributed by atoms with E-state index in [2.05, 4.69) is 5.10 Å². The Morgan fingerprint density at radius 2 is 1.91 bits per heavy atom. The summed E-state index contributed by atoms with van der Waals surface area (Å²) in [6, 6.07) is 12.0. The number of hydrogen-bond donors (Lipinski definition) is 0. The molecular weight excluding hydrogens is 444 g/mol. The van der Waals surface area contributed by atoms with Crippen LogP contribution in [0.5, 0.6) is 0 Å². The Hall–Kier alpha value is -4.25. The van der Waals surface area contributed by atoms with Gasteiger partial charge >= 0.3 is 0 Å². The molecular formula is C23H22N4O7. The summed E-state index contributed by atoms with van der Waals surface area (Å²) in [6.07, 6.45) is 3.24. The number of methoxy groups -OCH3 is 1. The third-order valence-corrected chi connectivity index (χ3v) is 5.36. The van der Waals surface area contributed by atoms with Gasteiger partial charge < -0.3 is 18.5 Å². The highest BCUT2D eigenvalue weighted by atomic mass is 16.6. The van der Waals surface area contributed by atoms with Crippen molar-refractivity contribution in [2.45, 2.75) is 12.5 Å². The van der Waals surface area contributed by atoms with Crippen LogP contribution in [0.15, 0.2) is 75.0 Å². The number of ether oxygens (including phenoxy) is 1. The highest BCUT2D eigenvalue weighted by Gasteiger charge is 2.36. The molecule has 1 atom stereocenters. The largest absolute Gasteiger partial charge is 0.467 e. The number of benzene rings is 1. The molecule has 0 bridgehead atoms. The Morgan fingerprint density at radius 3 is 2.53 bits per heavy atom. The molecule has 0 unspecified atom stereocenters. The first-order chi connectivity index (χ1) is 16.5. The Morgan fingerprint density at radius 1 is 1.18 bits per heavy atom. The summed E-state index contributed by atoms with van der Waals surface area (Å²) in [6.45, 7) is 0.162. The Labute approximate surface area is 194 Å². The van der Waals surface area contributed by atoms with Crippen LogP contribution in [0.2, 0.25) is 0 Å². The van der Waals surface area contributed by atoms with E-state index in [-0.39, 0.29) is 31.1 Å². The van der Waals surface area contributed by atoms with Crippen molar-refractivity contribution in [3.63, 3.8) is 0 Å². The molecule has 1 aliphatic heterocycles. The lowest BCUT2D eigenvalue weighted by Crippen LogP contribution is -2.42. The maximum atomic E-state index is 13.3. The number of hydrazone groups is 1. The quantitative estimate of drug-likeness (QED) is 0.349. The van der Waals surface area contributed by atoms with Crippen molar-refractivity contribution < 1.29 is 28.1 Å². The van der Waals surface area contributed by atoms with Crippen molar-refractivity contribution >= 4 is 23.2 Å². The van der Waals surface area contributed by atoms with E-state index in [4.69, 9.17) is 13.6 Å². The minimum atomic E-state index is -0.518. The van der Waals surface area contributed by atoms with E-state index in [1.54, 1.807) is 30.3 Å². The van der Waals surface area contributed by atoms with Gasteiger partial charge in [0.1, 0.15) is 18.3 Å². The number of carbonyl (C=O) groups is 2. The van der Waals surface area contributed by atoms with E-state index in [1.807, 2.05) is 0 Å². The van der Waals surface area contributed by atoms with E-state index in [1.165, 1.54) is 47.7 Å². The molecule has 0 saturated carbocycles. The third kappa shape index (κ3) is 4.89. The van der Waals surface area contributed by atoms with Gasteiger partial charge in [-0.05, 0) is 42.0 Å². The van der Waals surface area contributed by atoms with Gasteiger partial charge in [0.05, 0.1) is 29.8 Å². The Balaban J connectivity index is 1.59. The molecule has 0 N–H and O–H groups in total. The van der Waals surface area contributed by atoms with Gasteiger partial charge in [-0.25, -0.2) is 5.01 Å². The third-order valence-electron chi connectivity index (χ3n) is 5.36. The van der Waals surface area contributed by atoms with Crippen LogP contribution in [-0.4, -0.2) is 59.2 Å². The number of nitro groups is 1. The number of furan rings is 2.